The Kier molecular flexibility index (Phi) is 6.87. The van der Waals surface area contributed by atoms with Gasteiger partial charge in [0.1, 0.15) is 0 Å². The Labute approximate surface area is 218 Å². The number of nitrogens with zero attached hydrogens (tertiary/aromatic N) is 4. The Bertz CT molecular complexity index is 1660. The minimum absolute atomic E-state index is 0.0930. The van der Waals surface area contributed by atoms with E-state index in [9.17, 15) is 13.2 Å². The van der Waals surface area contributed by atoms with Gasteiger partial charge in [0.05, 0.1) is 16.7 Å². The van der Waals surface area contributed by atoms with Crippen molar-refractivity contribution < 1.29 is 8.42 Å². The summed E-state index contributed by atoms with van der Waals surface area (Å²) in [5.41, 5.74) is 2.54. The molecular formula is C26H23ClN4O3S2. The van der Waals surface area contributed by atoms with E-state index in [1.165, 1.54) is 11.8 Å². The van der Waals surface area contributed by atoms with Crippen LogP contribution >= 0.6 is 23.4 Å². The van der Waals surface area contributed by atoms with Gasteiger partial charge in [-0.2, -0.15) is 0 Å². The molecule has 0 N–H and O–H groups in total. The fourth-order valence-corrected chi connectivity index (χ4v) is 6.81. The van der Waals surface area contributed by atoms with Crippen molar-refractivity contribution in [3.63, 3.8) is 0 Å². The van der Waals surface area contributed by atoms with Crippen molar-refractivity contribution in [3.8, 4) is 0 Å². The lowest BCUT2D eigenvalue weighted by Gasteiger charge is -2.22. The van der Waals surface area contributed by atoms with Crippen LogP contribution in [0.25, 0.3) is 5.65 Å². The lowest BCUT2D eigenvalue weighted by molar-refractivity contribution is 0.552. The second-order valence-corrected chi connectivity index (χ2v) is 11.8. The maximum Gasteiger partial charge on any atom is 0.296 e. The first-order chi connectivity index (χ1) is 17.3. The zero-order valence-corrected chi connectivity index (χ0v) is 21.8. The second-order valence-electron chi connectivity index (χ2n) is 8.50. The van der Waals surface area contributed by atoms with Crippen molar-refractivity contribution in [2.45, 2.75) is 40.9 Å². The monoisotopic (exact) mass is 538 g/mol. The number of sulfone groups is 1. The molecule has 36 heavy (non-hydrogen) atoms. The topological polar surface area (TPSA) is 86.3 Å². The number of allylic oxidation sites excluding steroid dienone is 4. The predicted octanol–water partition coefficient (Wildman–Crippen LogP) is 5.17. The summed E-state index contributed by atoms with van der Waals surface area (Å²) in [7, 11) is -3.48. The minimum Gasteiger partial charge on any atom is -0.303 e. The van der Waals surface area contributed by atoms with Crippen molar-refractivity contribution in [1.82, 2.24) is 19.2 Å². The van der Waals surface area contributed by atoms with Crippen LogP contribution in [0.2, 0.25) is 0 Å². The minimum atomic E-state index is -3.48. The normalized spacial score (nSPS) is 16.1. The molecule has 1 atom stereocenters. The molecule has 1 aliphatic rings. The molecule has 10 heteroatoms. The summed E-state index contributed by atoms with van der Waals surface area (Å²) in [6.45, 7) is 1.92. The molecule has 7 nitrogen and oxygen atoms in total. The van der Waals surface area contributed by atoms with Crippen LogP contribution in [0.15, 0.2) is 105 Å². The summed E-state index contributed by atoms with van der Waals surface area (Å²) >= 11 is 7.68. The van der Waals surface area contributed by atoms with Gasteiger partial charge in [-0.3, -0.25) is 9.20 Å². The van der Waals surface area contributed by atoms with Crippen LogP contribution < -0.4 is 5.56 Å². The Balaban J connectivity index is 1.39. The Morgan fingerprint density at radius 1 is 1.03 bits per heavy atom. The third kappa shape index (κ3) is 4.78. The van der Waals surface area contributed by atoms with Gasteiger partial charge in [0.2, 0.25) is 5.65 Å². The number of hydrogen-bond donors (Lipinski definition) is 0. The van der Waals surface area contributed by atoms with E-state index in [0.29, 0.717) is 27.3 Å². The largest absolute Gasteiger partial charge is 0.303 e. The number of aromatic nitrogens is 4. The van der Waals surface area contributed by atoms with Crippen LogP contribution in [-0.4, -0.2) is 27.6 Å². The maximum atomic E-state index is 13.2. The zero-order valence-electron chi connectivity index (χ0n) is 19.4. The molecule has 0 bridgehead atoms. The highest BCUT2D eigenvalue weighted by Gasteiger charge is 2.21. The van der Waals surface area contributed by atoms with Gasteiger partial charge in [-0.15, -0.1) is 10.2 Å². The molecule has 0 radical (unpaired) electrons. The van der Waals surface area contributed by atoms with Gasteiger partial charge in [-0.1, -0.05) is 71.9 Å². The highest BCUT2D eigenvalue weighted by molar-refractivity contribution is 7.98. The van der Waals surface area contributed by atoms with Crippen LogP contribution in [0.5, 0.6) is 0 Å². The number of thioether (sulfide) groups is 1. The average Bonchev–Trinajstić information content (AvgIpc) is 3.30. The third-order valence-electron chi connectivity index (χ3n) is 6.23. The zero-order chi connectivity index (χ0) is 25.3. The van der Waals surface area contributed by atoms with Gasteiger partial charge >= 0.3 is 0 Å². The van der Waals surface area contributed by atoms with Crippen LogP contribution in [0.1, 0.15) is 30.5 Å². The molecule has 0 saturated heterocycles. The van der Waals surface area contributed by atoms with Crippen molar-refractivity contribution in [2.75, 3.05) is 0 Å². The van der Waals surface area contributed by atoms with Crippen LogP contribution in [0.3, 0.4) is 0 Å². The Morgan fingerprint density at radius 2 is 1.75 bits per heavy atom. The van der Waals surface area contributed by atoms with Crippen LogP contribution in [0, 0.1) is 0 Å². The molecule has 2 aromatic carbocycles. The fraction of sp³-hybridized carbons (Fsp3) is 0.192. The number of fused-ring (bicyclic) bond motifs is 1. The van der Waals surface area contributed by atoms with Gasteiger partial charge in [0.15, 0.2) is 15.0 Å². The lowest BCUT2D eigenvalue weighted by atomic mass is 10.00. The number of benzene rings is 2. The molecule has 5 rings (SSSR count). The van der Waals surface area contributed by atoms with Gasteiger partial charge in [-0.05, 0) is 48.3 Å². The first kappa shape index (κ1) is 24.5. The highest BCUT2D eigenvalue weighted by Crippen LogP contribution is 2.31. The molecule has 0 aliphatic heterocycles. The molecule has 4 aromatic rings. The van der Waals surface area contributed by atoms with Crippen LogP contribution in [-0.2, 0) is 21.3 Å². The highest BCUT2D eigenvalue weighted by atomic mass is 35.5. The molecule has 0 saturated carbocycles. The van der Waals surface area contributed by atoms with Gasteiger partial charge in [0.25, 0.3) is 5.56 Å². The maximum absolute atomic E-state index is 13.2. The summed E-state index contributed by atoms with van der Waals surface area (Å²) < 4.78 is 29.2. The quantitative estimate of drug-likeness (QED) is 0.302. The molecule has 184 valence electrons. The second kappa shape index (κ2) is 10.1. The number of hydrogen-bond acceptors (Lipinski definition) is 6. The predicted molar refractivity (Wildman–Crippen MR) is 142 cm³/mol. The fourth-order valence-electron chi connectivity index (χ4n) is 4.21. The Morgan fingerprint density at radius 3 is 2.53 bits per heavy atom. The van der Waals surface area contributed by atoms with E-state index in [1.807, 2.05) is 43.3 Å². The molecule has 0 spiro atoms. The number of halogens is 1. The average molecular weight is 539 g/mol. The number of rotatable bonds is 7. The summed E-state index contributed by atoms with van der Waals surface area (Å²) in [5, 5.41) is 9.58. The summed E-state index contributed by atoms with van der Waals surface area (Å²) in [6.07, 6.45) is 8.00. The lowest BCUT2D eigenvalue weighted by Crippen LogP contribution is -2.27. The molecule has 0 fully saturated rings. The van der Waals surface area contributed by atoms with Crippen molar-refractivity contribution >= 4 is 38.8 Å². The smallest absolute Gasteiger partial charge is 0.296 e. The molecule has 0 amide bonds. The third-order valence-corrected chi connectivity index (χ3v) is 9.32. The standard InChI is InChI=1S/C26H23ClN4O3S2/c1-18-22(27)12-7-13-23(18)30-14-15-31-24(25(30)32)28-29-26(31)35-16-19-8-5-6-9-20(19)17-36(33,34)21-10-3-2-4-11-21/h2-12,14-15,23H,13,16-17H2,1H3. The first-order valence-corrected chi connectivity index (χ1v) is 14.3. The summed E-state index contributed by atoms with van der Waals surface area (Å²) in [6, 6.07) is 15.7. The molecule has 2 aromatic heterocycles. The Hall–Kier alpha value is -3.14. The van der Waals surface area contributed by atoms with E-state index in [2.05, 4.69) is 10.2 Å². The molecule has 1 unspecified atom stereocenters. The van der Waals surface area contributed by atoms with E-state index < -0.39 is 9.84 Å². The van der Waals surface area contributed by atoms with E-state index in [1.54, 1.807) is 51.7 Å². The van der Waals surface area contributed by atoms with Crippen LogP contribution in [0.4, 0.5) is 0 Å². The summed E-state index contributed by atoms with van der Waals surface area (Å²) in [4.78, 5) is 13.5. The first-order valence-electron chi connectivity index (χ1n) is 11.3. The van der Waals surface area contributed by atoms with Crippen molar-refractivity contribution in [3.05, 3.63) is 111 Å². The van der Waals surface area contributed by atoms with E-state index >= 15 is 0 Å². The molecule has 1 aliphatic carbocycles. The van der Waals surface area contributed by atoms with E-state index in [-0.39, 0.29) is 23.0 Å². The molecular weight excluding hydrogens is 516 g/mol. The van der Waals surface area contributed by atoms with E-state index in [0.717, 1.165) is 16.7 Å². The van der Waals surface area contributed by atoms with Crippen molar-refractivity contribution in [2.24, 2.45) is 0 Å². The van der Waals surface area contributed by atoms with Gasteiger partial charge in [0, 0.05) is 23.2 Å². The van der Waals surface area contributed by atoms with Gasteiger partial charge < -0.3 is 4.57 Å². The van der Waals surface area contributed by atoms with Gasteiger partial charge in [-0.25, -0.2) is 8.42 Å². The molecule has 2 heterocycles. The van der Waals surface area contributed by atoms with E-state index in [4.69, 9.17) is 11.6 Å². The SMILES string of the molecule is CC1=C(Cl)C=CCC1n1ccn2c(SCc3ccccc3CS(=O)(=O)c3ccccc3)nnc2c1=O. The summed E-state index contributed by atoms with van der Waals surface area (Å²) in [5.74, 6) is 0.388. The van der Waals surface area contributed by atoms with Crippen molar-refractivity contribution in [1.29, 1.82) is 0 Å².